The number of thiocarbonyl (C=S) groups is 1. The Morgan fingerprint density at radius 3 is 2.34 bits per heavy atom. The van der Waals surface area contributed by atoms with Crippen LogP contribution in [0.5, 0.6) is 0 Å². The van der Waals surface area contributed by atoms with Gasteiger partial charge in [-0.05, 0) is 93.0 Å². The minimum Gasteiger partial charge on any atom is -0.318 e. The quantitative estimate of drug-likeness (QED) is 0.293. The van der Waals surface area contributed by atoms with Gasteiger partial charge in [0, 0.05) is 17.1 Å². The number of hydrogen-bond acceptors (Lipinski definition) is 3. The van der Waals surface area contributed by atoms with E-state index < -0.39 is 23.6 Å². The van der Waals surface area contributed by atoms with Crippen LogP contribution < -0.4 is 10.2 Å². The lowest BCUT2D eigenvalue weighted by molar-refractivity contribution is -0.137. The minimum atomic E-state index is -4.59. The molecule has 35 heavy (non-hydrogen) atoms. The molecule has 4 rings (SSSR count). The van der Waals surface area contributed by atoms with Gasteiger partial charge < -0.3 is 4.57 Å². The van der Waals surface area contributed by atoms with Crippen LogP contribution in [0.1, 0.15) is 33.6 Å². The van der Waals surface area contributed by atoms with Gasteiger partial charge in [-0.25, -0.2) is 0 Å². The topological polar surface area (TPSA) is 54.3 Å². The van der Waals surface area contributed by atoms with Crippen LogP contribution in [0.25, 0.3) is 11.8 Å². The van der Waals surface area contributed by atoms with Gasteiger partial charge in [0.1, 0.15) is 5.57 Å². The lowest BCUT2D eigenvalue weighted by atomic mass is 10.1. The molecule has 0 spiro atoms. The molecule has 0 aliphatic carbocycles. The Balaban J connectivity index is 1.78. The second kappa shape index (κ2) is 8.81. The van der Waals surface area contributed by atoms with Gasteiger partial charge in [-0.1, -0.05) is 18.2 Å². The van der Waals surface area contributed by atoms with Gasteiger partial charge in [0.05, 0.1) is 11.3 Å². The van der Waals surface area contributed by atoms with Gasteiger partial charge in [0.25, 0.3) is 11.8 Å². The smallest absolute Gasteiger partial charge is 0.318 e. The highest BCUT2D eigenvalue weighted by Gasteiger charge is 2.37. The molecule has 1 aliphatic heterocycles. The first-order valence-electron chi connectivity index (χ1n) is 10.7. The Morgan fingerprint density at radius 2 is 1.66 bits per heavy atom. The molecule has 0 unspecified atom stereocenters. The first kappa shape index (κ1) is 24.4. The average Bonchev–Trinajstić information content (AvgIpc) is 3.05. The zero-order valence-corrected chi connectivity index (χ0v) is 20.3. The lowest BCUT2D eigenvalue weighted by Crippen LogP contribution is -2.54. The largest absolute Gasteiger partial charge is 0.416 e. The summed E-state index contributed by atoms with van der Waals surface area (Å²) in [4.78, 5) is 26.9. The fraction of sp³-hybridized carbons (Fsp3) is 0.192. The summed E-state index contributed by atoms with van der Waals surface area (Å²) in [6, 6.07) is 12.1. The summed E-state index contributed by atoms with van der Waals surface area (Å²) in [5.74, 6) is -1.51. The molecule has 1 saturated heterocycles. The summed E-state index contributed by atoms with van der Waals surface area (Å²) in [5, 5.41) is 2.14. The highest BCUT2D eigenvalue weighted by atomic mass is 32.1. The van der Waals surface area contributed by atoms with Crippen LogP contribution in [0.15, 0.2) is 54.1 Å². The van der Waals surface area contributed by atoms with Gasteiger partial charge in [-0.15, -0.1) is 0 Å². The number of benzene rings is 2. The van der Waals surface area contributed by atoms with Crippen molar-refractivity contribution in [3.63, 3.8) is 0 Å². The summed E-state index contributed by atoms with van der Waals surface area (Å²) >= 11 is 5.12. The molecule has 1 aliphatic rings. The van der Waals surface area contributed by atoms with Crippen molar-refractivity contribution in [3.05, 3.63) is 87.7 Å². The van der Waals surface area contributed by atoms with Crippen LogP contribution in [0.2, 0.25) is 0 Å². The number of anilines is 1. The zero-order valence-electron chi connectivity index (χ0n) is 19.4. The molecule has 2 amide bonds. The summed E-state index contributed by atoms with van der Waals surface area (Å²) in [6.45, 7) is 7.84. The molecule has 1 fully saturated rings. The number of aromatic nitrogens is 1. The van der Waals surface area contributed by atoms with E-state index in [0.717, 1.165) is 45.2 Å². The molecular weight excluding hydrogens is 475 g/mol. The molecule has 1 N–H and O–H groups in total. The number of aryl methyl sites for hydroxylation is 2. The van der Waals surface area contributed by atoms with Crippen LogP contribution in [-0.4, -0.2) is 21.5 Å². The monoisotopic (exact) mass is 497 g/mol. The van der Waals surface area contributed by atoms with Crippen LogP contribution in [0.3, 0.4) is 0 Å². The summed E-state index contributed by atoms with van der Waals surface area (Å²) in [7, 11) is 0. The molecule has 2 heterocycles. The number of alkyl halides is 3. The van der Waals surface area contributed by atoms with E-state index in [1.54, 1.807) is 0 Å². The second-order valence-electron chi connectivity index (χ2n) is 8.39. The van der Waals surface area contributed by atoms with Crippen LogP contribution >= 0.6 is 12.2 Å². The zero-order chi connectivity index (χ0) is 25.7. The van der Waals surface area contributed by atoms with E-state index in [1.807, 2.05) is 56.5 Å². The van der Waals surface area contributed by atoms with Crippen molar-refractivity contribution in [2.75, 3.05) is 4.90 Å². The van der Waals surface area contributed by atoms with Crippen LogP contribution in [-0.2, 0) is 15.8 Å². The average molecular weight is 498 g/mol. The molecule has 9 heteroatoms. The van der Waals surface area contributed by atoms with Crippen molar-refractivity contribution < 1.29 is 22.8 Å². The normalized spacial score (nSPS) is 15.7. The Morgan fingerprint density at radius 1 is 0.971 bits per heavy atom. The third-order valence-electron chi connectivity index (χ3n) is 6.12. The third kappa shape index (κ3) is 4.39. The SMILES string of the molecule is Cc1cccc(-n2c(C)cc(/C=C3\C(=O)NC(=S)N(c4cccc(C(F)(F)F)c4)C3=O)c2C)c1C. The first-order chi connectivity index (χ1) is 16.4. The van der Waals surface area contributed by atoms with Crippen molar-refractivity contribution in [1.82, 2.24) is 9.88 Å². The number of nitrogens with zero attached hydrogens (tertiary/aromatic N) is 2. The molecule has 180 valence electrons. The number of hydrogen-bond donors (Lipinski definition) is 1. The molecular formula is C26H22F3N3O2S. The minimum absolute atomic E-state index is 0.0819. The molecule has 0 bridgehead atoms. The molecule has 3 aromatic rings. The van der Waals surface area contributed by atoms with E-state index in [2.05, 4.69) is 5.32 Å². The van der Waals surface area contributed by atoms with E-state index in [0.29, 0.717) is 5.56 Å². The van der Waals surface area contributed by atoms with Crippen LogP contribution in [0, 0.1) is 27.7 Å². The number of nitrogens with one attached hydrogen (secondary N) is 1. The number of rotatable bonds is 3. The molecule has 0 radical (unpaired) electrons. The Labute approximate surface area is 205 Å². The van der Waals surface area contributed by atoms with Crippen molar-refractivity contribution in [2.24, 2.45) is 0 Å². The number of halogens is 3. The van der Waals surface area contributed by atoms with Gasteiger partial charge in [0.15, 0.2) is 5.11 Å². The van der Waals surface area contributed by atoms with Crippen molar-refractivity contribution in [2.45, 2.75) is 33.9 Å². The van der Waals surface area contributed by atoms with Gasteiger partial charge in [-0.2, -0.15) is 13.2 Å². The Hall–Kier alpha value is -3.72. The van der Waals surface area contributed by atoms with Crippen molar-refractivity contribution >= 4 is 40.9 Å². The predicted octanol–water partition coefficient (Wildman–Crippen LogP) is 5.56. The molecule has 1 aromatic heterocycles. The molecule has 0 saturated carbocycles. The maximum atomic E-state index is 13.3. The van der Waals surface area contributed by atoms with E-state index in [1.165, 1.54) is 18.2 Å². The van der Waals surface area contributed by atoms with Gasteiger partial charge >= 0.3 is 6.18 Å². The Bertz CT molecular complexity index is 1420. The summed E-state index contributed by atoms with van der Waals surface area (Å²) in [6.07, 6.45) is -3.14. The molecule has 5 nitrogen and oxygen atoms in total. The number of carbonyl (C=O) groups excluding carboxylic acids is 2. The molecule has 2 aromatic carbocycles. The predicted molar refractivity (Wildman–Crippen MR) is 132 cm³/mol. The van der Waals surface area contributed by atoms with Crippen molar-refractivity contribution in [3.8, 4) is 5.69 Å². The first-order valence-corrected chi connectivity index (χ1v) is 11.1. The summed E-state index contributed by atoms with van der Waals surface area (Å²) in [5.41, 5.74) is 4.32. The molecule has 0 atom stereocenters. The highest BCUT2D eigenvalue weighted by Crippen LogP contribution is 2.33. The van der Waals surface area contributed by atoms with Gasteiger partial charge in [0.2, 0.25) is 0 Å². The van der Waals surface area contributed by atoms with Gasteiger partial charge in [-0.3, -0.25) is 19.8 Å². The Kier molecular flexibility index (Phi) is 6.14. The third-order valence-corrected chi connectivity index (χ3v) is 6.41. The fourth-order valence-electron chi connectivity index (χ4n) is 4.15. The maximum absolute atomic E-state index is 13.3. The number of amides is 2. The number of carbonyl (C=O) groups is 2. The second-order valence-corrected chi connectivity index (χ2v) is 8.77. The van der Waals surface area contributed by atoms with E-state index in [-0.39, 0.29) is 16.4 Å². The lowest BCUT2D eigenvalue weighted by Gasteiger charge is -2.29. The van der Waals surface area contributed by atoms with Crippen LogP contribution in [0.4, 0.5) is 18.9 Å². The van der Waals surface area contributed by atoms with Crippen molar-refractivity contribution in [1.29, 1.82) is 0 Å². The van der Waals surface area contributed by atoms with E-state index in [4.69, 9.17) is 12.2 Å². The highest BCUT2D eigenvalue weighted by molar-refractivity contribution is 7.80. The summed E-state index contributed by atoms with van der Waals surface area (Å²) < 4.78 is 41.7. The standard InChI is InChI=1S/C26H22F3N3O2S/c1-14-7-5-10-22(16(14)3)31-15(2)11-18(17(31)4)12-21-23(33)30-25(35)32(24(21)34)20-9-6-8-19(13-20)26(27,28)29/h5-13H,1-4H3,(H,30,33,35)/b21-12+. The van der Waals surface area contributed by atoms with E-state index >= 15 is 0 Å². The maximum Gasteiger partial charge on any atom is 0.416 e. The fourth-order valence-corrected chi connectivity index (χ4v) is 4.43. The van der Waals surface area contributed by atoms with E-state index in [9.17, 15) is 22.8 Å².